The van der Waals surface area contributed by atoms with E-state index < -0.39 is 6.10 Å². The van der Waals surface area contributed by atoms with Crippen molar-refractivity contribution in [1.29, 1.82) is 0 Å². The van der Waals surface area contributed by atoms with Gasteiger partial charge in [0.2, 0.25) is 5.89 Å². The molecule has 1 aliphatic rings. The Morgan fingerprint density at radius 2 is 2.00 bits per heavy atom. The van der Waals surface area contributed by atoms with Crippen molar-refractivity contribution in [3.05, 3.63) is 47.6 Å². The van der Waals surface area contributed by atoms with Crippen LogP contribution in [0.15, 0.2) is 34.9 Å². The minimum Gasteiger partial charge on any atom is -0.387 e. The van der Waals surface area contributed by atoms with E-state index in [1.807, 2.05) is 30.3 Å². The van der Waals surface area contributed by atoms with Crippen molar-refractivity contribution in [2.24, 2.45) is 0 Å². The van der Waals surface area contributed by atoms with Gasteiger partial charge in [0, 0.05) is 38.1 Å². The minimum absolute atomic E-state index is 0.261. The summed E-state index contributed by atoms with van der Waals surface area (Å²) in [5.74, 6) is 1.72. The van der Waals surface area contributed by atoms with Gasteiger partial charge in [-0.1, -0.05) is 49.3 Å². The minimum atomic E-state index is -0.444. The number of aromatic nitrogens is 2. The summed E-state index contributed by atoms with van der Waals surface area (Å²) in [4.78, 5) is 9.17. The van der Waals surface area contributed by atoms with E-state index in [9.17, 15) is 5.11 Å². The third kappa shape index (κ3) is 4.66. The summed E-state index contributed by atoms with van der Waals surface area (Å²) in [5, 5.41) is 14.5. The Labute approximate surface area is 149 Å². The van der Waals surface area contributed by atoms with Gasteiger partial charge in [-0.15, -0.1) is 0 Å². The van der Waals surface area contributed by atoms with Gasteiger partial charge in [-0.2, -0.15) is 4.98 Å². The summed E-state index contributed by atoms with van der Waals surface area (Å²) in [6, 6.07) is 10.2. The van der Waals surface area contributed by atoms with Crippen molar-refractivity contribution in [2.45, 2.75) is 45.4 Å². The number of β-amino-alcohol motifs (C(OH)–C–C–N with tert-alkyl or cyclic N) is 1. The van der Waals surface area contributed by atoms with Crippen LogP contribution in [0.4, 0.5) is 0 Å². The van der Waals surface area contributed by atoms with Crippen LogP contribution in [0.2, 0.25) is 0 Å². The molecule has 0 bridgehead atoms. The second-order valence-electron chi connectivity index (χ2n) is 7.21. The highest BCUT2D eigenvalue weighted by molar-refractivity contribution is 5.17. The molecule has 0 saturated carbocycles. The summed E-state index contributed by atoms with van der Waals surface area (Å²) < 4.78 is 5.29. The Morgan fingerprint density at radius 3 is 2.64 bits per heavy atom. The molecule has 0 spiro atoms. The van der Waals surface area contributed by atoms with E-state index in [0.29, 0.717) is 18.5 Å². The molecule has 1 N–H and O–H groups in total. The van der Waals surface area contributed by atoms with Crippen LogP contribution in [0.3, 0.4) is 0 Å². The molecule has 0 amide bonds. The quantitative estimate of drug-likeness (QED) is 0.868. The topological polar surface area (TPSA) is 65.6 Å². The molecule has 1 aliphatic heterocycles. The first-order chi connectivity index (χ1) is 12.0. The molecule has 0 radical (unpaired) electrons. The van der Waals surface area contributed by atoms with Gasteiger partial charge in [0.05, 0.1) is 12.6 Å². The average molecular weight is 344 g/mol. The summed E-state index contributed by atoms with van der Waals surface area (Å²) in [5.41, 5.74) is 0.977. The summed E-state index contributed by atoms with van der Waals surface area (Å²) in [6.45, 7) is 10.5. The third-order valence-electron chi connectivity index (χ3n) is 4.78. The average Bonchev–Trinajstić information content (AvgIpc) is 3.07. The maximum atomic E-state index is 10.5. The van der Waals surface area contributed by atoms with E-state index >= 15 is 0 Å². The maximum absolute atomic E-state index is 10.5. The molecule has 1 fully saturated rings. The van der Waals surface area contributed by atoms with E-state index in [1.54, 1.807) is 0 Å². The first-order valence-corrected chi connectivity index (χ1v) is 9.05. The highest BCUT2D eigenvalue weighted by Gasteiger charge is 2.26. The fraction of sp³-hybridized carbons (Fsp3) is 0.579. The van der Waals surface area contributed by atoms with Gasteiger partial charge in [-0.05, 0) is 12.5 Å². The third-order valence-corrected chi connectivity index (χ3v) is 4.78. The molecule has 0 aliphatic carbocycles. The molecule has 25 heavy (non-hydrogen) atoms. The Balaban J connectivity index is 1.51. The van der Waals surface area contributed by atoms with Crippen LogP contribution in [0.25, 0.3) is 0 Å². The number of hydrogen-bond acceptors (Lipinski definition) is 6. The van der Waals surface area contributed by atoms with Crippen molar-refractivity contribution < 1.29 is 9.63 Å². The largest absolute Gasteiger partial charge is 0.387 e. The van der Waals surface area contributed by atoms with Crippen LogP contribution in [0.1, 0.15) is 50.1 Å². The zero-order valence-corrected chi connectivity index (χ0v) is 15.3. The predicted octanol–water partition coefficient (Wildman–Crippen LogP) is 2.43. The molecular weight excluding hydrogens is 316 g/mol. The number of benzene rings is 1. The van der Waals surface area contributed by atoms with E-state index in [4.69, 9.17) is 4.52 Å². The van der Waals surface area contributed by atoms with Crippen molar-refractivity contribution in [3.8, 4) is 0 Å². The standard InChI is InChI=1S/C19H28N4O2/c1-14(2)19-20-18(21-25-19)13-22-9-10-23(15(3)11-22)12-17(24)16-7-5-4-6-8-16/h4-8,14-15,17,24H,9-13H2,1-3H3. The monoisotopic (exact) mass is 344 g/mol. The molecule has 1 aromatic carbocycles. The van der Waals surface area contributed by atoms with Crippen LogP contribution in [-0.2, 0) is 6.54 Å². The summed E-state index contributed by atoms with van der Waals surface area (Å²) >= 11 is 0. The molecule has 3 rings (SSSR count). The molecule has 1 aromatic heterocycles. The maximum Gasteiger partial charge on any atom is 0.229 e. The van der Waals surface area contributed by atoms with Crippen molar-refractivity contribution in [3.63, 3.8) is 0 Å². The van der Waals surface area contributed by atoms with Crippen molar-refractivity contribution >= 4 is 0 Å². The van der Waals surface area contributed by atoms with E-state index in [0.717, 1.165) is 37.6 Å². The lowest BCUT2D eigenvalue weighted by molar-refractivity contribution is 0.0351. The van der Waals surface area contributed by atoms with Gasteiger partial charge in [0.25, 0.3) is 0 Å². The molecule has 6 nitrogen and oxygen atoms in total. The SMILES string of the molecule is CC(C)c1nc(CN2CCN(CC(O)c3ccccc3)C(C)C2)no1. The number of rotatable bonds is 6. The van der Waals surface area contributed by atoms with Gasteiger partial charge >= 0.3 is 0 Å². The predicted molar refractivity (Wildman–Crippen MR) is 96.1 cm³/mol. The van der Waals surface area contributed by atoms with E-state index in [2.05, 4.69) is 40.7 Å². The van der Waals surface area contributed by atoms with Crippen LogP contribution < -0.4 is 0 Å². The van der Waals surface area contributed by atoms with Gasteiger partial charge in [0.15, 0.2) is 5.82 Å². The van der Waals surface area contributed by atoms with Gasteiger partial charge in [-0.3, -0.25) is 9.80 Å². The van der Waals surface area contributed by atoms with Crippen molar-refractivity contribution in [2.75, 3.05) is 26.2 Å². The number of nitrogens with zero attached hydrogens (tertiary/aromatic N) is 4. The lowest BCUT2D eigenvalue weighted by Gasteiger charge is -2.40. The molecule has 136 valence electrons. The highest BCUT2D eigenvalue weighted by atomic mass is 16.5. The van der Waals surface area contributed by atoms with Gasteiger partial charge in [0.1, 0.15) is 0 Å². The summed E-state index contributed by atoms with van der Waals surface area (Å²) in [6.07, 6.45) is -0.444. The van der Waals surface area contributed by atoms with Crippen LogP contribution in [-0.4, -0.2) is 57.3 Å². The Bertz CT molecular complexity index is 658. The first-order valence-electron chi connectivity index (χ1n) is 9.05. The number of aliphatic hydroxyl groups is 1. The fourth-order valence-corrected chi connectivity index (χ4v) is 3.25. The van der Waals surface area contributed by atoms with Crippen LogP contribution in [0.5, 0.6) is 0 Å². The summed E-state index contributed by atoms with van der Waals surface area (Å²) in [7, 11) is 0. The fourth-order valence-electron chi connectivity index (χ4n) is 3.25. The Kier molecular flexibility index (Phi) is 5.83. The lowest BCUT2D eigenvalue weighted by atomic mass is 10.1. The van der Waals surface area contributed by atoms with Crippen molar-refractivity contribution in [1.82, 2.24) is 19.9 Å². The van der Waals surface area contributed by atoms with Gasteiger partial charge < -0.3 is 9.63 Å². The zero-order chi connectivity index (χ0) is 17.8. The number of hydrogen-bond donors (Lipinski definition) is 1. The lowest BCUT2D eigenvalue weighted by Crippen LogP contribution is -2.52. The second-order valence-corrected chi connectivity index (χ2v) is 7.21. The Hall–Kier alpha value is -1.76. The normalized spacial score (nSPS) is 20.9. The van der Waals surface area contributed by atoms with Crippen LogP contribution in [0, 0.1) is 0 Å². The van der Waals surface area contributed by atoms with E-state index in [1.165, 1.54) is 0 Å². The zero-order valence-electron chi connectivity index (χ0n) is 15.3. The highest BCUT2D eigenvalue weighted by Crippen LogP contribution is 2.19. The van der Waals surface area contributed by atoms with E-state index in [-0.39, 0.29) is 5.92 Å². The molecule has 6 heteroatoms. The van der Waals surface area contributed by atoms with Gasteiger partial charge in [-0.25, -0.2) is 0 Å². The number of aliphatic hydroxyl groups excluding tert-OH is 1. The molecule has 2 atom stereocenters. The molecule has 1 saturated heterocycles. The molecule has 2 heterocycles. The second kappa shape index (κ2) is 8.08. The first kappa shape index (κ1) is 18.0. The molecular formula is C19H28N4O2. The smallest absolute Gasteiger partial charge is 0.229 e. The number of piperazine rings is 1. The Morgan fingerprint density at radius 1 is 1.24 bits per heavy atom. The van der Waals surface area contributed by atoms with Crippen LogP contribution >= 0.6 is 0 Å². The molecule has 2 unspecified atom stereocenters. The molecule has 2 aromatic rings.